The maximum Gasteiger partial charge on any atom is 0.252 e. The number of rotatable bonds is 6. The van der Waals surface area contributed by atoms with Gasteiger partial charge in [-0.2, -0.15) is 0 Å². The summed E-state index contributed by atoms with van der Waals surface area (Å²) in [6.07, 6.45) is 0. The molecule has 0 N–H and O–H groups in total. The number of fused-ring (bicyclic) bond motifs is 1. The highest BCUT2D eigenvalue weighted by atomic mass is 32.2. The van der Waals surface area contributed by atoms with Gasteiger partial charge in [-0.05, 0) is 40.2 Å². The van der Waals surface area contributed by atoms with Crippen molar-refractivity contribution in [2.24, 2.45) is 0 Å². The Bertz CT molecular complexity index is 1080. The minimum Gasteiger partial charge on any atom is -0.486 e. The molecule has 168 valence electrons. The van der Waals surface area contributed by atoms with Crippen LogP contribution in [0.1, 0.15) is 63.1 Å². The van der Waals surface area contributed by atoms with Gasteiger partial charge >= 0.3 is 0 Å². The van der Waals surface area contributed by atoms with Gasteiger partial charge in [-0.3, -0.25) is 4.79 Å². The summed E-state index contributed by atoms with van der Waals surface area (Å²) < 4.78 is 7.79. The lowest BCUT2D eigenvalue weighted by molar-refractivity contribution is -0.118. The van der Waals surface area contributed by atoms with Crippen molar-refractivity contribution < 1.29 is 9.53 Å². The zero-order valence-corrected chi connectivity index (χ0v) is 20.1. The highest BCUT2D eigenvalue weighted by molar-refractivity contribution is 7.99. The summed E-state index contributed by atoms with van der Waals surface area (Å²) in [5.74, 6) is 2.24. The molecule has 4 rings (SSSR count). The molecule has 0 fully saturated rings. The number of nitrogens with zero attached hydrogens (tertiary/aromatic N) is 4. The molecule has 32 heavy (non-hydrogen) atoms. The van der Waals surface area contributed by atoms with Gasteiger partial charge in [0.05, 0.1) is 12.3 Å². The van der Waals surface area contributed by atoms with Gasteiger partial charge in [0.1, 0.15) is 12.4 Å². The molecule has 0 atom stereocenters. The van der Waals surface area contributed by atoms with Crippen molar-refractivity contribution in [1.82, 2.24) is 14.9 Å². The first kappa shape index (κ1) is 22.4. The molecule has 0 saturated carbocycles. The van der Waals surface area contributed by atoms with Crippen LogP contribution in [0.2, 0.25) is 0 Å². The fraction of sp³-hybridized carbons (Fsp3) is 0.400. The predicted molar refractivity (Wildman–Crippen MR) is 128 cm³/mol. The van der Waals surface area contributed by atoms with Gasteiger partial charge in [0.25, 0.3) is 5.91 Å². The van der Waals surface area contributed by atoms with Crippen LogP contribution in [0.5, 0.6) is 5.75 Å². The molecular formula is C25H30N4O2S. The van der Waals surface area contributed by atoms with Crippen molar-refractivity contribution >= 4 is 17.7 Å². The predicted octanol–water partition coefficient (Wildman–Crippen LogP) is 5.05. The number of carbonyl (C=O) groups excluding carboxylic acids is 1. The summed E-state index contributed by atoms with van der Waals surface area (Å²) in [6.45, 7) is 11.6. The van der Waals surface area contributed by atoms with E-state index in [1.807, 2.05) is 12.1 Å². The Kier molecular flexibility index (Phi) is 6.29. The van der Waals surface area contributed by atoms with Crippen LogP contribution < -0.4 is 9.75 Å². The van der Waals surface area contributed by atoms with E-state index in [1.165, 1.54) is 22.9 Å². The molecule has 0 spiro atoms. The topological polar surface area (TPSA) is 60.3 Å². The Morgan fingerprint density at radius 3 is 2.34 bits per heavy atom. The highest BCUT2D eigenvalue weighted by Gasteiger charge is 2.29. The molecule has 7 heteroatoms. The standard InChI is InChI=1S/C25H30N4O2S/c1-17(2)19-8-6-18(7-9-19)14-28-23(30)16-32-24-27-26-22(29(24)28)15-31-21-12-10-20(11-13-21)25(3,4)5/h6-13,17H,14-16H2,1-5H3. The summed E-state index contributed by atoms with van der Waals surface area (Å²) >= 11 is 1.41. The molecule has 2 aromatic carbocycles. The Balaban J connectivity index is 1.51. The maximum atomic E-state index is 12.8. The molecule has 6 nitrogen and oxygen atoms in total. The highest BCUT2D eigenvalue weighted by Crippen LogP contribution is 2.27. The van der Waals surface area contributed by atoms with Crippen LogP contribution in [0.4, 0.5) is 0 Å². The van der Waals surface area contributed by atoms with Crippen molar-refractivity contribution in [2.75, 3.05) is 10.8 Å². The quantitative estimate of drug-likeness (QED) is 0.526. The molecule has 1 aliphatic heterocycles. The zero-order chi connectivity index (χ0) is 22.9. The van der Waals surface area contributed by atoms with E-state index in [1.54, 1.807) is 9.69 Å². The Morgan fingerprint density at radius 2 is 1.72 bits per heavy atom. The van der Waals surface area contributed by atoms with Crippen molar-refractivity contribution in [1.29, 1.82) is 0 Å². The van der Waals surface area contributed by atoms with Crippen molar-refractivity contribution in [3.8, 4) is 5.75 Å². The van der Waals surface area contributed by atoms with Gasteiger partial charge in [0.2, 0.25) is 5.16 Å². The number of thioether (sulfide) groups is 1. The monoisotopic (exact) mass is 450 g/mol. The lowest BCUT2D eigenvalue weighted by Crippen LogP contribution is -2.45. The van der Waals surface area contributed by atoms with E-state index in [0.717, 1.165) is 11.3 Å². The van der Waals surface area contributed by atoms with E-state index >= 15 is 0 Å². The average molecular weight is 451 g/mol. The molecule has 0 radical (unpaired) electrons. The molecule has 1 amide bonds. The Labute approximate surface area is 194 Å². The lowest BCUT2D eigenvalue weighted by atomic mass is 9.87. The smallest absolute Gasteiger partial charge is 0.252 e. The third-order valence-electron chi connectivity index (χ3n) is 5.60. The van der Waals surface area contributed by atoms with Crippen molar-refractivity contribution in [3.63, 3.8) is 0 Å². The molecule has 0 bridgehead atoms. The van der Waals surface area contributed by atoms with Gasteiger partial charge in [-0.1, -0.05) is 82.8 Å². The number of amides is 1. The van der Waals surface area contributed by atoms with Gasteiger partial charge in [0, 0.05) is 0 Å². The fourth-order valence-electron chi connectivity index (χ4n) is 3.57. The van der Waals surface area contributed by atoms with Gasteiger partial charge in [0.15, 0.2) is 5.82 Å². The summed E-state index contributed by atoms with van der Waals surface area (Å²) in [5.41, 5.74) is 3.70. The van der Waals surface area contributed by atoms with Crippen LogP contribution >= 0.6 is 11.8 Å². The second-order valence-electron chi connectivity index (χ2n) is 9.41. The van der Waals surface area contributed by atoms with Crippen LogP contribution in [-0.2, 0) is 23.4 Å². The third-order valence-corrected chi connectivity index (χ3v) is 6.50. The first-order valence-corrected chi connectivity index (χ1v) is 11.9. The van der Waals surface area contributed by atoms with E-state index in [9.17, 15) is 4.79 Å². The first-order chi connectivity index (χ1) is 15.2. The van der Waals surface area contributed by atoms with Gasteiger partial charge < -0.3 is 4.74 Å². The molecule has 0 unspecified atom stereocenters. The van der Waals surface area contributed by atoms with Crippen LogP contribution in [0.3, 0.4) is 0 Å². The first-order valence-electron chi connectivity index (χ1n) is 10.9. The number of hydrogen-bond donors (Lipinski definition) is 0. The second kappa shape index (κ2) is 8.98. The SMILES string of the molecule is CC(C)c1ccc(CN2C(=O)CSc3nnc(COc4ccc(C(C)(C)C)cc4)n32)cc1. The molecule has 0 saturated heterocycles. The van der Waals surface area contributed by atoms with Crippen LogP contribution in [0, 0.1) is 0 Å². The second-order valence-corrected chi connectivity index (χ2v) is 10.4. The molecule has 1 aromatic heterocycles. The van der Waals surface area contributed by atoms with E-state index in [0.29, 0.717) is 29.2 Å². The maximum absolute atomic E-state index is 12.8. The lowest BCUT2D eigenvalue weighted by Gasteiger charge is -2.29. The van der Waals surface area contributed by atoms with Gasteiger partial charge in [-0.25, -0.2) is 9.69 Å². The van der Waals surface area contributed by atoms with E-state index in [4.69, 9.17) is 4.74 Å². The van der Waals surface area contributed by atoms with Crippen LogP contribution in [0.15, 0.2) is 53.7 Å². The minimum atomic E-state index is 0.0333. The fourth-order valence-corrected chi connectivity index (χ4v) is 4.40. The molecule has 2 heterocycles. The largest absolute Gasteiger partial charge is 0.486 e. The number of ether oxygens (including phenoxy) is 1. The number of benzene rings is 2. The summed E-state index contributed by atoms with van der Waals surface area (Å²) in [7, 11) is 0. The molecule has 3 aromatic rings. The number of hydrogen-bond acceptors (Lipinski definition) is 5. The van der Waals surface area contributed by atoms with Crippen LogP contribution in [0.25, 0.3) is 0 Å². The van der Waals surface area contributed by atoms with E-state index in [-0.39, 0.29) is 17.9 Å². The number of carbonyl (C=O) groups is 1. The van der Waals surface area contributed by atoms with Crippen molar-refractivity contribution in [2.45, 2.75) is 64.3 Å². The average Bonchev–Trinajstić information content (AvgIpc) is 3.17. The summed E-state index contributed by atoms with van der Waals surface area (Å²) in [6, 6.07) is 16.5. The summed E-state index contributed by atoms with van der Waals surface area (Å²) in [5, 5.41) is 11.0. The van der Waals surface area contributed by atoms with E-state index in [2.05, 4.69) is 81.2 Å². The van der Waals surface area contributed by atoms with Crippen LogP contribution in [-0.4, -0.2) is 26.5 Å². The number of aromatic nitrogens is 3. The van der Waals surface area contributed by atoms with Crippen molar-refractivity contribution in [3.05, 3.63) is 71.0 Å². The summed E-state index contributed by atoms with van der Waals surface area (Å²) in [4.78, 5) is 12.8. The minimum absolute atomic E-state index is 0.0333. The molecule has 0 aliphatic carbocycles. The Hall–Kier alpha value is -2.80. The zero-order valence-electron chi connectivity index (χ0n) is 19.3. The molecule has 1 aliphatic rings. The van der Waals surface area contributed by atoms with Gasteiger partial charge in [-0.15, -0.1) is 10.2 Å². The van der Waals surface area contributed by atoms with E-state index < -0.39 is 0 Å². The Morgan fingerprint density at radius 1 is 1.03 bits per heavy atom. The molecular weight excluding hydrogens is 420 g/mol. The normalized spacial score (nSPS) is 14.1. The third kappa shape index (κ3) is 4.83.